The molecule has 0 atom stereocenters. The van der Waals surface area contributed by atoms with Crippen molar-refractivity contribution in [3.05, 3.63) is 62.6 Å². The number of hydrogen-bond donors (Lipinski definition) is 0. The molecule has 0 radical (unpaired) electrons. The number of rotatable bonds is 1. The molecule has 0 aliphatic heterocycles. The van der Waals surface area contributed by atoms with Crippen LogP contribution in [0.1, 0.15) is 11.1 Å². The largest absolute Gasteiger partial charge is 0.330 e. The standard InChI is InChI=1S/C16H17N3O2/c1-10-5-6-11(2)13(7-10)19-8-12-14(9-19)17(3)16(21)18(4)15(12)20/h5-9H,1-4H3. The zero-order valence-corrected chi connectivity index (χ0v) is 12.5. The second kappa shape index (κ2) is 4.48. The van der Waals surface area contributed by atoms with E-state index >= 15 is 0 Å². The number of aryl methyl sites for hydroxylation is 3. The van der Waals surface area contributed by atoms with Gasteiger partial charge in [-0.15, -0.1) is 0 Å². The second-order valence-corrected chi connectivity index (χ2v) is 5.46. The Bertz CT molecular complexity index is 974. The van der Waals surface area contributed by atoms with E-state index in [4.69, 9.17) is 0 Å². The quantitative estimate of drug-likeness (QED) is 0.682. The lowest BCUT2D eigenvalue weighted by molar-refractivity contribution is 0.714. The molecule has 0 N–H and O–H groups in total. The molecule has 3 rings (SSSR count). The zero-order chi connectivity index (χ0) is 15.3. The van der Waals surface area contributed by atoms with Crippen molar-refractivity contribution in [3.63, 3.8) is 0 Å². The van der Waals surface area contributed by atoms with E-state index in [9.17, 15) is 9.59 Å². The van der Waals surface area contributed by atoms with Gasteiger partial charge in [0.15, 0.2) is 0 Å². The van der Waals surface area contributed by atoms with Crippen molar-refractivity contribution >= 4 is 10.9 Å². The van der Waals surface area contributed by atoms with Crippen molar-refractivity contribution in [1.29, 1.82) is 0 Å². The highest BCUT2D eigenvalue weighted by Crippen LogP contribution is 2.19. The van der Waals surface area contributed by atoms with Gasteiger partial charge < -0.3 is 4.57 Å². The smallest absolute Gasteiger partial charge is 0.321 e. The molecule has 0 unspecified atom stereocenters. The fourth-order valence-corrected chi connectivity index (χ4v) is 2.61. The Hall–Kier alpha value is -2.56. The lowest BCUT2D eigenvalue weighted by Crippen LogP contribution is -2.36. The summed E-state index contributed by atoms with van der Waals surface area (Å²) in [6.45, 7) is 4.05. The third-order valence-electron chi connectivity index (χ3n) is 3.92. The predicted molar refractivity (Wildman–Crippen MR) is 83.2 cm³/mol. The minimum atomic E-state index is -0.314. The molecule has 5 nitrogen and oxygen atoms in total. The van der Waals surface area contributed by atoms with Crippen LogP contribution in [0, 0.1) is 13.8 Å². The molecule has 2 aromatic heterocycles. The average Bonchev–Trinajstić information content (AvgIpc) is 2.90. The predicted octanol–water partition coefficient (Wildman–Crippen LogP) is 1.64. The van der Waals surface area contributed by atoms with Crippen LogP contribution in [0.5, 0.6) is 0 Å². The molecule has 0 amide bonds. The third kappa shape index (κ3) is 1.93. The number of benzene rings is 1. The van der Waals surface area contributed by atoms with E-state index in [0.717, 1.165) is 21.4 Å². The summed E-state index contributed by atoms with van der Waals surface area (Å²) < 4.78 is 4.54. The maximum atomic E-state index is 12.2. The first-order chi connectivity index (χ1) is 9.90. The summed E-state index contributed by atoms with van der Waals surface area (Å²) in [5.41, 5.74) is 3.34. The summed E-state index contributed by atoms with van der Waals surface area (Å²) in [6, 6.07) is 6.17. The van der Waals surface area contributed by atoms with Gasteiger partial charge in [0.2, 0.25) is 0 Å². The fourth-order valence-electron chi connectivity index (χ4n) is 2.61. The molecule has 0 bridgehead atoms. The third-order valence-corrected chi connectivity index (χ3v) is 3.92. The molecule has 0 fully saturated rings. The van der Waals surface area contributed by atoms with E-state index in [-0.39, 0.29) is 11.2 Å². The first-order valence-corrected chi connectivity index (χ1v) is 6.75. The Morgan fingerprint density at radius 1 is 0.952 bits per heavy atom. The van der Waals surface area contributed by atoms with Gasteiger partial charge in [-0.2, -0.15) is 0 Å². The Kier molecular flexibility index (Phi) is 2.86. The molecule has 108 valence electrons. The molecule has 1 aromatic carbocycles. The molecular weight excluding hydrogens is 266 g/mol. The average molecular weight is 283 g/mol. The van der Waals surface area contributed by atoms with Gasteiger partial charge in [-0.3, -0.25) is 13.9 Å². The highest BCUT2D eigenvalue weighted by Gasteiger charge is 2.12. The highest BCUT2D eigenvalue weighted by molar-refractivity contribution is 5.78. The van der Waals surface area contributed by atoms with E-state index in [1.165, 1.54) is 11.6 Å². The first kappa shape index (κ1) is 13.4. The lowest BCUT2D eigenvalue weighted by atomic mass is 10.1. The van der Waals surface area contributed by atoms with Gasteiger partial charge in [-0.25, -0.2) is 4.79 Å². The number of fused-ring (bicyclic) bond motifs is 1. The van der Waals surface area contributed by atoms with E-state index in [0.29, 0.717) is 10.9 Å². The van der Waals surface area contributed by atoms with E-state index in [2.05, 4.69) is 12.1 Å². The monoisotopic (exact) mass is 283 g/mol. The zero-order valence-electron chi connectivity index (χ0n) is 12.5. The van der Waals surface area contributed by atoms with Gasteiger partial charge in [0.25, 0.3) is 5.56 Å². The summed E-state index contributed by atoms with van der Waals surface area (Å²) >= 11 is 0. The van der Waals surface area contributed by atoms with Crippen LogP contribution < -0.4 is 11.2 Å². The number of nitrogens with zero attached hydrogens (tertiary/aromatic N) is 3. The maximum Gasteiger partial charge on any atom is 0.330 e. The van der Waals surface area contributed by atoms with Crippen LogP contribution in [0.3, 0.4) is 0 Å². The van der Waals surface area contributed by atoms with Crippen LogP contribution in [0.15, 0.2) is 40.2 Å². The minimum Gasteiger partial charge on any atom is -0.321 e. The topological polar surface area (TPSA) is 48.9 Å². The Morgan fingerprint density at radius 3 is 2.38 bits per heavy atom. The SMILES string of the molecule is Cc1ccc(C)c(-n2cc3c(=O)n(C)c(=O)n(C)c3c2)c1. The van der Waals surface area contributed by atoms with Crippen molar-refractivity contribution in [2.75, 3.05) is 0 Å². The molecule has 2 heterocycles. The Labute approximate surface area is 121 Å². The van der Waals surface area contributed by atoms with Gasteiger partial charge in [0.05, 0.1) is 10.9 Å². The maximum absolute atomic E-state index is 12.2. The first-order valence-electron chi connectivity index (χ1n) is 6.75. The molecule has 3 aromatic rings. The molecule has 5 heteroatoms. The van der Waals surface area contributed by atoms with Crippen LogP contribution in [0.4, 0.5) is 0 Å². The van der Waals surface area contributed by atoms with Crippen molar-refractivity contribution in [2.45, 2.75) is 13.8 Å². The van der Waals surface area contributed by atoms with Crippen molar-refractivity contribution in [1.82, 2.24) is 13.7 Å². The van der Waals surface area contributed by atoms with E-state index < -0.39 is 0 Å². The molecule has 0 saturated heterocycles. The van der Waals surface area contributed by atoms with Crippen LogP contribution in [-0.2, 0) is 14.1 Å². The van der Waals surface area contributed by atoms with Gasteiger partial charge in [-0.1, -0.05) is 12.1 Å². The summed E-state index contributed by atoms with van der Waals surface area (Å²) in [6.07, 6.45) is 3.62. The van der Waals surface area contributed by atoms with E-state index in [1.807, 2.05) is 30.7 Å². The van der Waals surface area contributed by atoms with Gasteiger partial charge in [-0.05, 0) is 31.0 Å². The molecule has 21 heavy (non-hydrogen) atoms. The van der Waals surface area contributed by atoms with Crippen LogP contribution in [0.2, 0.25) is 0 Å². The molecule has 0 aliphatic carbocycles. The van der Waals surface area contributed by atoms with Gasteiger partial charge in [0, 0.05) is 32.2 Å². The summed E-state index contributed by atoms with van der Waals surface area (Å²) in [4.78, 5) is 24.2. The Morgan fingerprint density at radius 2 is 1.67 bits per heavy atom. The summed E-state index contributed by atoms with van der Waals surface area (Å²) in [7, 11) is 3.18. The van der Waals surface area contributed by atoms with Crippen molar-refractivity contribution in [3.8, 4) is 5.69 Å². The van der Waals surface area contributed by atoms with Gasteiger partial charge in [0.1, 0.15) is 0 Å². The Balaban J connectivity index is 2.40. The molecule has 0 saturated carbocycles. The van der Waals surface area contributed by atoms with E-state index in [1.54, 1.807) is 13.2 Å². The number of aromatic nitrogens is 3. The van der Waals surface area contributed by atoms with Gasteiger partial charge >= 0.3 is 5.69 Å². The van der Waals surface area contributed by atoms with Crippen LogP contribution in [-0.4, -0.2) is 13.7 Å². The number of hydrogen-bond acceptors (Lipinski definition) is 2. The fraction of sp³-hybridized carbons (Fsp3) is 0.250. The van der Waals surface area contributed by atoms with Crippen molar-refractivity contribution in [2.24, 2.45) is 14.1 Å². The lowest BCUT2D eigenvalue weighted by Gasteiger charge is -2.07. The summed E-state index contributed by atoms with van der Waals surface area (Å²) in [5, 5.41) is 0.542. The van der Waals surface area contributed by atoms with Crippen LogP contribution >= 0.6 is 0 Å². The molecule has 0 spiro atoms. The highest BCUT2D eigenvalue weighted by atomic mass is 16.2. The van der Waals surface area contributed by atoms with Crippen molar-refractivity contribution < 1.29 is 0 Å². The normalized spacial score (nSPS) is 11.2. The second-order valence-electron chi connectivity index (χ2n) is 5.46. The minimum absolute atomic E-state index is 0.267. The summed E-state index contributed by atoms with van der Waals surface area (Å²) in [5.74, 6) is 0. The molecule has 0 aliphatic rings. The molecular formula is C16H17N3O2. The van der Waals surface area contributed by atoms with Crippen LogP contribution in [0.25, 0.3) is 16.6 Å².